The van der Waals surface area contributed by atoms with Crippen molar-refractivity contribution in [3.05, 3.63) is 30.0 Å². The third-order valence-electron chi connectivity index (χ3n) is 6.72. The van der Waals surface area contributed by atoms with Crippen LogP contribution < -0.4 is 5.48 Å². The van der Waals surface area contributed by atoms with Gasteiger partial charge in [0.25, 0.3) is 5.91 Å². The monoisotopic (exact) mass is 441 g/mol. The second kappa shape index (κ2) is 10.1. The number of carbonyl (C=O) groups is 3. The largest absolute Gasteiger partial charge is 0.508 e. The van der Waals surface area contributed by atoms with Crippen molar-refractivity contribution in [3.8, 4) is 5.75 Å². The highest BCUT2D eigenvalue weighted by atomic mass is 16.7. The second-order valence-electron chi connectivity index (χ2n) is 8.91. The minimum absolute atomic E-state index is 0.00668. The molecule has 1 saturated heterocycles. The summed E-state index contributed by atoms with van der Waals surface area (Å²) in [6, 6.07) is 5.25. The number of hydrogen-bond acceptors (Lipinski definition) is 5. The van der Waals surface area contributed by atoms with Gasteiger partial charge in [-0.15, -0.1) is 0 Å². The number of piperidine rings is 1. The molecular weight excluding hydrogens is 410 g/mol. The Kier molecular flexibility index (Phi) is 6.97. The van der Waals surface area contributed by atoms with E-state index in [2.05, 4.69) is 10.5 Å². The molecule has 172 valence electrons. The van der Waals surface area contributed by atoms with Crippen molar-refractivity contribution < 1.29 is 24.3 Å². The fourth-order valence-electron chi connectivity index (χ4n) is 5.15. The summed E-state index contributed by atoms with van der Waals surface area (Å²) >= 11 is 0. The average Bonchev–Trinajstić information content (AvgIpc) is 3.18. The lowest BCUT2D eigenvalue weighted by atomic mass is 9.78. The smallest absolute Gasteiger partial charge is 0.332 e. The Hall–Kier alpha value is -3.03. The van der Waals surface area contributed by atoms with Crippen molar-refractivity contribution in [1.82, 2.24) is 15.4 Å². The van der Waals surface area contributed by atoms with Gasteiger partial charge in [0.1, 0.15) is 5.75 Å². The summed E-state index contributed by atoms with van der Waals surface area (Å²) in [6.45, 7) is 0.826. The van der Waals surface area contributed by atoms with Gasteiger partial charge >= 0.3 is 5.97 Å². The number of benzene rings is 1. The number of fused-ring (bicyclic) bond motifs is 2. The number of carbonyl (C=O) groups excluding carboxylic acids is 3. The molecule has 1 aromatic heterocycles. The van der Waals surface area contributed by atoms with Crippen LogP contribution in [-0.4, -0.2) is 45.4 Å². The number of phenolic OH excluding ortho intramolecular Hbond substituents is 1. The maximum absolute atomic E-state index is 12.7. The molecule has 2 aromatic rings. The molecule has 2 amide bonds. The summed E-state index contributed by atoms with van der Waals surface area (Å²) in [5.41, 5.74) is 3.68. The minimum atomic E-state index is -0.558. The van der Waals surface area contributed by atoms with Gasteiger partial charge in [-0.2, -0.15) is 5.48 Å². The van der Waals surface area contributed by atoms with E-state index in [0.717, 1.165) is 30.3 Å². The van der Waals surface area contributed by atoms with Gasteiger partial charge in [0.2, 0.25) is 5.91 Å². The first-order valence-corrected chi connectivity index (χ1v) is 11.6. The number of likely N-dealkylation sites (tertiary alicyclic amines) is 1. The van der Waals surface area contributed by atoms with Gasteiger partial charge in [0, 0.05) is 42.5 Å². The molecule has 0 bridgehead atoms. The summed E-state index contributed by atoms with van der Waals surface area (Å²) < 4.78 is 0. The zero-order valence-corrected chi connectivity index (χ0v) is 18.3. The van der Waals surface area contributed by atoms with E-state index in [4.69, 9.17) is 4.84 Å². The first kappa shape index (κ1) is 22.2. The highest BCUT2D eigenvalue weighted by Gasteiger charge is 2.35. The highest BCUT2D eigenvalue weighted by Crippen LogP contribution is 2.35. The summed E-state index contributed by atoms with van der Waals surface area (Å²) in [5.74, 6) is -0.140. The Balaban J connectivity index is 1.17. The fraction of sp³-hybridized carbons (Fsp3) is 0.542. The third kappa shape index (κ3) is 5.23. The maximum Gasteiger partial charge on any atom is 0.332 e. The quantitative estimate of drug-likeness (QED) is 0.595. The normalized spacial score (nSPS) is 20.6. The predicted molar refractivity (Wildman–Crippen MR) is 118 cm³/mol. The van der Waals surface area contributed by atoms with Crippen LogP contribution in [0.1, 0.15) is 63.4 Å². The fourth-order valence-corrected chi connectivity index (χ4v) is 5.15. The molecular formula is C24H31N3O5. The molecule has 8 nitrogen and oxygen atoms in total. The number of hydrogen-bond donors (Lipinski definition) is 3. The first-order chi connectivity index (χ1) is 15.5. The van der Waals surface area contributed by atoms with Crippen molar-refractivity contribution >= 4 is 28.7 Å². The van der Waals surface area contributed by atoms with Crippen molar-refractivity contribution in [2.45, 2.75) is 70.3 Å². The number of H-pyrrole nitrogens is 1. The van der Waals surface area contributed by atoms with Crippen molar-refractivity contribution in [3.63, 3.8) is 0 Å². The number of rotatable bonds is 6. The van der Waals surface area contributed by atoms with Gasteiger partial charge in [-0.3, -0.25) is 9.59 Å². The van der Waals surface area contributed by atoms with Gasteiger partial charge in [-0.05, 0) is 61.8 Å². The molecule has 2 heterocycles. The number of nitrogens with zero attached hydrogens (tertiary/aromatic N) is 1. The van der Waals surface area contributed by atoms with E-state index in [1.54, 1.807) is 24.4 Å². The maximum atomic E-state index is 12.7. The van der Waals surface area contributed by atoms with E-state index < -0.39 is 11.9 Å². The second-order valence-corrected chi connectivity index (χ2v) is 8.91. The summed E-state index contributed by atoms with van der Waals surface area (Å²) in [4.78, 5) is 46.8. The molecule has 8 heteroatoms. The van der Waals surface area contributed by atoms with Crippen LogP contribution in [0.4, 0.5) is 0 Å². The zero-order valence-electron chi connectivity index (χ0n) is 18.3. The van der Waals surface area contributed by atoms with Gasteiger partial charge in [0.15, 0.2) is 0 Å². The number of nitrogens with one attached hydrogen (secondary N) is 2. The van der Waals surface area contributed by atoms with Crippen LogP contribution in [0, 0.1) is 5.92 Å². The lowest BCUT2D eigenvalue weighted by Gasteiger charge is -2.44. The summed E-state index contributed by atoms with van der Waals surface area (Å²) in [7, 11) is 0. The number of amides is 2. The van der Waals surface area contributed by atoms with Crippen LogP contribution in [0.2, 0.25) is 0 Å². The Labute approximate surface area is 187 Å². The number of aromatic hydroxyl groups is 1. The topological polar surface area (TPSA) is 112 Å². The standard InChI is InChI=1S/C24H31N3O5/c28-18-10-11-20-19(14-18)17(15-25-20)13-22(29)26-32-24(31)9-3-8-23(30)27-12-4-6-16-5-1-2-7-21(16)27/h10-11,14-16,21,25,28H,1-9,12-13H2,(H,26,29). The van der Waals surface area contributed by atoms with Crippen molar-refractivity contribution in [2.24, 2.45) is 5.92 Å². The van der Waals surface area contributed by atoms with Crippen LogP contribution in [0.3, 0.4) is 0 Å². The van der Waals surface area contributed by atoms with Crippen LogP contribution >= 0.6 is 0 Å². The van der Waals surface area contributed by atoms with Crippen LogP contribution in [-0.2, 0) is 25.6 Å². The first-order valence-electron chi connectivity index (χ1n) is 11.6. The van der Waals surface area contributed by atoms with Gasteiger partial charge in [-0.1, -0.05) is 12.8 Å². The molecule has 0 radical (unpaired) electrons. The molecule has 1 saturated carbocycles. The molecule has 1 aliphatic heterocycles. The van der Waals surface area contributed by atoms with Crippen molar-refractivity contribution in [2.75, 3.05) is 6.54 Å². The number of aromatic amines is 1. The van der Waals surface area contributed by atoms with E-state index in [0.29, 0.717) is 30.4 Å². The molecule has 2 unspecified atom stereocenters. The van der Waals surface area contributed by atoms with E-state index in [-0.39, 0.29) is 24.5 Å². The van der Waals surface area contributed by atoms with E-state index in [9.17, 15) is 19.5 Å². The lowest BCUT2D eigenvalue weighted by molar-refractivity contribution is -0.158. The minimum Gasteiger partial charge on any atom is -0.508 e. The molecule has 2 fully saturated rings. The molecule has 1 aliphatic carbocycles. The van der Waals surface area contributed by atoms with Gasteiger partial charge in [-0.25, -0.2) is 4.79 Å². The van der Waals surface area contributed by atoms with Crippen LogP contribution in [0.5, 0.6) is 5.75 Å². The third-order valence-corrected chi connectivity index (χ3v) is 6.72. The number of hydroxylamine groups is 1. The lowest BCUT2D eigenvalue weighted by Crippen LogP contribution is -2.49. The van der Waals surface area contributed by atoms with E-state index >= 15 is 0 Å². The van der Waals surface area contributed by atoms with Crippen LogP contribution in [0.25, 0.3) is 10.9 Å². The van der Waals surface area contributed by atoms with Crippen LogP contribution in [0.15, 0.2) is 24.4 Å². The van der Waals surface area contributed by atoms with Gasteiger partial charge < -0.3 is 19.8 Å². The molecule has 0 spiro atoms. The van der Waals surface area contributed by atoms with Crippen molar-refractivity contribution in [1.29, 1.82) is 0 Å². The highest BCUT2D eigenvalue weighted by molar-refractivity contribution is 5.89. The Morgan fingerprint density at radius 3 is 2.81 bits per heavy atom. The number of phenols is 1. The molecule has 1 aromatic carbocycles. The summed E-state index contributed by atoms with van der Waals surface area (Å²) in [5, 5.41) is 10.4. The SMILES string of the molecule is O=C(Cc1c[nH]c2ccc(O)cc12)NOC(=O)CCCC(=O)N1CCCC2CCCCC21. The molecule has 3 N–H and O–H groups in total. The zero-order chi connectivity index (χ0) is 22.5. The number of aromatic nitrogens is 1. The van der Waals surface area contributed by atoms with Gasteiger partial charge in [0.05, 0.1) is 6.42 Å². The molecule has 2 aliphatic rings. The Morgan fingerprint density at radius 2 is 1.94 bits per heavy atom. The molecule has 32 heavy (non-hydrogen) atoms. The van der Waals surface area contributed by atoms with E-state index in [1.807, 2.05) is 4.90 Å². The molecule has 4 rings (SSSR count). The average molecular weight is 442 g/mol. The Morgan fingerprint density at radius 1 is 1.12 bits per heavy atom. The predicted octanol–water partition coefficient (Wildman–Crippen LogP) is 3.34. The summed E-state index contributed by atoms with van der Waals surface area (Å²) in [6.07, 6.45) is 9.57. The Bertz CT molecular complexity index is 983. The van der Waals surface area contributed by atoms with E-state index in [1.165, 1.54) is 25.7 Å². The molecule has 2 atom stereocenters.